The summed E-state index contributed by atoms with van der Waals surface area (Å²) in [7, 11) is 3.00. The maximum absolute atomic E-state index is 12.0. The second-order valence-electron chi connectivity index (χ2n) is 4.67. The van der Waals surface area contributed by atoms with Crippen LogP contribution in [0.2, 0.25) is 0 Å². The van der Waals surface area contributed by atoms with Gasteiger partial charge >= 0.3 is 5.97 Å². The van der Waals surface area contributed by atoms with Crippen molar-refractivity contribution in [3.63, 3.8) is 0 Å². The van der Waals surface area contributed by atoms with Gasteiger partial charge in [0.2, 0.25) is 0 Å². The van der Waals surface area contributed by atoms with Crippen LogP contribution in [-0.4, -0.2) is 25.7 Å². The zero-order valence-corrected chi connectivity index (χ0v) is 11.6. The summed E-state index contributed by atoms with van der Waals surface area (Å²) in [6.07, 6.45) is 0. The molecule has 1 unspecified atom stereocenters. The Morgan fingerprint density at radius 3 is 2.39 bits per heavy atom. The van der Waals surface area contributed by atoms with Crippen molar-refractivity contribution in [1.29, 1.82) is 0 Å². The third kappa shape index (κ3) is 2.75. The molecule has 18 heavy (non-hydrogen) atoms. The highest BCUT2D eigenvalue weighted by Crippen LogP contribution is 2.30. The van der Waals surface area contributed by atoms with E-state index in [1.165, 1.54) is 7.11 Å². The largest absolute Gasteiger partial charge is 0.495 e. The highest BCUT2D eigenvalue weighted by Gasteiger charge is 2.38. The second-order valence-corrected chi connectivity index (χ2v) is 4.67. The number of nitrogens with one attached hydrogen (secondary N) is 1. The predicted molar refractivity (Wildman–Crippen MR) is 71.9 cm³/mol. The summed E-state index contributed by atoms with van der Waals surface area (Å²) in [4.78, 5) is 12.0. The lowest BCUT2D eigenvalue weighted by Crippen LogP contribution is -2.48. The Morgan fingerprint density at radius 1 is 1.28 bits per heavy atom. The topological polar surface area (TPSA) is 47.6 Å². The highest BCUT2D eigenvalue weighted by molar-refractivity contribution is 5.85. The first-order valence-corrected chi connectivity index (χ1v) is 5.95. The van der Waals surface area contributed by atoms with E-state index >= 15 is 0 Å². The van der Waals surface area contributed by atoms with E-state index in [1.54, 1.807) is 7.11 Å². The molecule has 100 valence electrons. The molecule has 1 atom stereocenters. The molecule has 0 saturated heterocycles. The average molecular weight is 251 g/mol. The minimum Gasteiger partial charge on any atom is -0.495 e. The van der Waals surface area contributed by atoms with Crippen molar-refractivity contribution in [2.45, 2.75) is 26.3 Å². The van der Waals surface area contributed by atoms with Crippen molar-refractivity contribution in [2.75, 3.05) is 19.5 Å². The molecule has 0 fully saturated rings. The first kappa shape index (κ1) is 14.4. The van der Waals surface area contributed by atoms with E-state index in [0.29, 0.717) is 5.75 Å². The molecule has 0 aliphatic rings. The maximum atomic E-state index is 12.0. The summed E-state index contributed by atoms with van der Waals surface area (Å²) >= 11 is 0. The number of carbonyl (C=O) groups excluding carboxylic acids is 1. The van der Waals surface area contributed by atoms with E-state index in [0.717, 1.165) is 5.69 Å². The van der Waals surface area contributed by atoms with Crippen LogP contribution in [0.3, 0.4) is 0 Å². The van der Waals surface area contributed by atoms with Crippen LogP contribution in [0.5, 0.6) is 5.75 Å². The normalized spacial score (nSPS) is 13.9. The van der Waals surface area contributed by atoms with Crippen LogP contribution in [0.1, 0.15) is 20.8 Å². The lowest BCUT2D eigenvalue weighted by Gasteiger charge is -2.33. The first-order valence-electron chi connectivity index (χ1n) is 5.95. The number of para-hydroxylation sites is 2. The molecule has 4 nitrogen and oxygen atoms in total. The van der Waals surface area contributed by atoms with E-state index in [1.807, 2.05) is 45.0 Å². The lowest BCUT2D eigenvalue weighted by atomic mass is 9.88. The number of esters is 1. The molecule has 0 heterocycles. The van der Waals surface area contributed by atoms with Crippen molar-refractivity contribution in [3.8, 4) is 5.75 Å². The molecule has 0 bridgehead atoms. The molecule has 0 aromatic heterocycles. The van der Waals surface area contributed by atoms with Gasteiger partial charge in [0.05, 0.1) is 19.9 Å². The molecular formula is C14H21NO3. The molecule has 0 amide bonds. The summed E-state index contributed by atoms with van der Waals surface area (Å²) in [5, 5.41) is 3.23. The van der Waals surface area contributed by atoms with Crippen molar-refractivity contribution in [3.05, 3.63) is 24.3 Å². The fourth-order valence-corrected chi connectivity index (χ4v) is 1.67. The van der Waals surface area contributed by atoms with Crippen molar-refractivity contribution < 1.29 is 14.3 Å². The standard InChI is InChI=1S/C14H21NO3/c1-10(2)14(3,13(16)18-5)15-11-8-6-7-9-12(11)17-4/h6-10,15H,1-5H3. The van der Waals surface area contributed by atoms with E-state index in [2.05, 4.69) is 5.32 Å². The van der Waals surface area contributed by atoms with Gasteiger partial charge < -0.3 is 14.8 Å². The fraction of sp³-hybridized carbons (Fsp3) is 0.500. The summed E-state index contributed by atoms with van der Waals surface area (Å²) in [5.41, 5.74) is -0.00905. The summed E-state index contributed by atoms with van der Waals surface area (Å²) in [6, 6.07) is 7.50. The molecule has 1 aromatic carbocycles. The average Bonchev–Trinajstić information content (AvgIpc) is 2.37. The minimum atomic E-state index is -0.788. The Morgan fingerprint density at radius 2 is 1.89 bits per heavy atom. The van der Waals surface area contributed by atoms with Crippen molar-refractivity contribution >= 4 is 11.7 Å². The molecule has 0 aliphatic heterocycles. The molecule has 4 heteroatoms. The number of methoxy groups -OCH3 is 2. The molecule has 1 aromatic rings. The van der Waals surface area contributed by atoms with Gasteiger partial charge in [-0.05, 0) is 25.0 Å². The van der Waals surface area contributed by atoms with Crippen molar-refractivity contribution in [1.82, 2.24) is 0 Å². The van der Waals surface area contributed by atoms with Gasteiger partial charge in [0.1, 0.15) is 11.3 Å². The van der Waals surface area contributed by atoms with Gasteiger partial charge in [-0.15, -0.1) is 0 Å². The van der Waals surface area contributed by atoms with E-state index in [9.17, 15) is 4.79 Å². The van der Waals surface area contributed by atoms with Crippen LogP contribution in [-0.2, 0) is 9.53 Å². The summed E-state index contributed by atoms with van der Waals surface area (Å²) < 4.78 is 10.1. The van der Waals surface area contributed by atoms with Gasteiger partial charge in [-0.1, -0.05) is 26.0 Å². The third-order valence-corrected chi connectivity index (χ3v) is 3.27. The van der Waals surface area contributed by atoms with Gasteiger partial charge in [-0.3, -0.25) is 0 Å². The Hall–Kier alpha value is -1.71. The summed E-state index contributed by atoms with van der Waals surface area (Å²) in [5.74, 6) is 0.492. The van der Waals surface area contributed by atoms with Crippen LogP contribution in [0.15, 0.2) is 24.3 Å². The van der Waals surface area contributed by atoms with Crippen molar-refractivity contribution in [2.24, 2.45) is 5.92 Å². The summed E-state index contributed by atoms with van der Waals surface area (Å²) in [6.45, 7) is 5.77. The minimum absolute atomic E-state index is 0.0786. The fourth-order valence-electron chi connectivity index (χ4n) is 1.67. The van der Waals surface area contributed by atoms with Gasteiger partial charge in [-0.2, -0.15) is 0 Å². The molecule has 0 spiro atoms. The van der Waals surface area contributed by atoms with Gasteiger partial charge in [0.15, 0.2) is 0 Å². The maximum Gasteiger partial charge on any atom is 0.331 e. The Kier molecular flexibility index (Phi) is 4.59. The molecule has 1 rings (SSSR count). The number of ether oxygens (including phenoxy) is 2. The molecular weight excluding hydrogens is 230 g/mol. The third-order valence-electron chi connectivity index (χ3n) is 3.27. The van der Waals surface area contributed by atoms with Crippen LogP contribution in [0, 0.1) is 5.92 Å². The molecule has 0 saturated carbocycles. The molecule has 1 N–H and O–H groups in total. The number of carbonyl (C=O) groups is 1. The quantitative estimate of drug-likeness (QED) is 0.817. The van der Waals surface area contributed by atoms with Crippen LogP contribution >= 0.6 is 0 Å². The Labute approximate surface area is 108 Å². The zero-order valence-electron chi connectivity index (χ0n) is 11.6. The van der Waals surface area contributed by atoms with Crippen LogP contribution in [0.25, 0.3) is 0 Å². The van der Waals surface area contributed by atoms with Crippen LogP contribution < -0.4 is 10.1 Å². The van der Waals surface area contributed by atoms with Gasteiger partial charge in [0.25, 0.3) is 0 Å². The van der Waals surface area contributed by atoms with E-state index in [-0.39, 0.29) is 11.9 Å². The zero-order chi connectivity index (χ0) is 13.8. The number of hydrogen-bond donors (Lipinski definition) is 1. The number of benzene rings is 1. The van der Waals surface area contributed by atoms with Gasteiger partial charge in [-0.25, -0.2) is 4.79 Å². The smallest absolute Gasteiger partial charge is 0.331 e. The van der Waals surface area contributed by atoms with E-state index < -0.39 is 5.54 Å². The SMILES string of the molecule is COC(=O)C(C)(Nc1ccccc1OC)C(C)C. The Bertz CT molecular complexity index is 417. The van der Waals surface area contributed by atoms with Gasteiger partial charge in [0, 0.05) is 0 Å². The van der Waals surface area contributed by atoms with E-state index in [4.69, 9.17) is 9.47 Å². The second kappa shape index (κ2) is 5.76. The van der Waals surface area contributed by atoms with Crippen LogP contribution in [0.4, 0.5) is 5.69 Å². The first-order chi connectivity index (χ1) is 8.45. The number of rotatable bonds is 5. The number of hydrogen-bond acceptors (Lipinski definition) is 4. The Balaban J connectivity index is 3.08. The monoisotopic (exact) mass is 251 g/mol. The number of anilines is 1. The highest BCUT2D eigenvalue weighted by atomic mass is 16.5. The molecule has 0 radical (unpaired) electrons. The predicted octanol–water partition coefficient (Wildman–Crippen LogP) is 2.69. The lowest BCUT2D eigenvalue weighted by molar-refractivity contribution is -0.146. The molecule has 0 aliphatic carbocycles.